The number of hydrogen-bond acceptors (Lipinski definition) is 4. The Labute approximate surface area is 123 Å². The highest BCUT2D eigenvalue weighted by atomic mass is 16.5. The van der Waals surface area contributed by atoms with Crippen LogP contribution in [0.25, 0.3) is 11.0 Å². The third-order valence-corrected chi connectivity index (χ3v) is 3.04. The maximum atomic E-state index is 11.4. The minimum absolute atomic E-state index is 0.237. The van der Waals surface area contributed by atoms with Crippen molar-refractivity contribution in [3.05, 3.63) is 35.6 Å². The van der Waals surface area contributed by atoms with Gasteiger partial charge in [-0.25, -0.2) is 4.79 Å². The molecule has 0 radical (unpaired) electrons. The summed E-state index contributed by atoms with van der Waals surface area (Å²) in [7, 11) is 0. The molecule has 5 nitrogen and oxygen atoms in total. The summed E-state index contributed by atoms with van der Waals surface area (Å²) >= 11 is 0. The van der Waals surface area contributed by atoms with Crippen LogP contribution in [0.5, 0.6) is 0 Å². The summed E-state index contributed by atoms with van der Waals surface area (Å²) in [5, 5.41) is 13.1. The van der Waals surface area contributed by atoms with Crippen molar-refractivity contribution in [3.63, 3.8) is 0 Å². The summed E-state index contributed by atoms with van der Waals surface area (Å²) in [6.07, 6.45) is 0. The van der Waals surface area contributed by atoms with E-state index in [1.807, 2.05) is 6.07 Å². The second-order valence-corrected chi connectivity index (χ2v) is 5.35. The zero-order valence-electron chi connectivity index (χ0n) is 12.4. The molecule has 0 aliphatic rings. The molecule has 1 aromatic carbocycles. The number of aromatic carboxylic acids is 1. The van der Waals surface area contributed by atoms with Gasteiger partial charge in [0.05, 0.1) is 13.2 Å². The molecule has 0 bridgehead atoms. The standard InChI is InChI=1S/C16H21NO4/c1-11(2)10-20-8-7-17-9-14-15(16(18)19)12-5-3-4-6-13(12)21-14/h3-6,11,17H,7-10H2,1-2H3,(H,18,19). The SMILES string of the molecule is CC(C)COCCNCc1oc2ccccc2c1C(=O)O. The first kappa shape index (κ1) is 15.5. The molecule has 0 unspecified atom stereocenters. The molecule has 5 heteroatoms. The smallest absolute Gasteiger partial charge is 0.339 e. The predicted molar refractivity (Wildman–Crippen MR) is 80.5 cm³/mol. The van der Waals surface area contributed by atoms with Crippen LogP contribution in [0, 0.1) is 5.92 Å². The second kappa shape index (κ2) is 7.24. The van der Waals surface area contributed by atoms with Crippen molar-refractivity contribution >= 4 is 16.9 Å². The van der Waals surface area contributed by atoms with Crippen LogP contribution in [0.3, 0.4) is 0 Å². The van der Waals surface area contributed by atoms with Crippen molar-refractivity contribution in [1.29, 1.82) is 0 Å². The van der Waals surface area contributed by atoms with E-state index in [1.165, 1.54) is 0 Å². The minimum Gasteiger partial charge on any atom is -0.478 e. The second-order valence-electron chi connectivity index (χ2n) is 5.35. The molecule has 21 heavy (non-hydrogen) atoms. The number of benzene rings is 1. The molecule has 0 aliphatic carbocycles. The van der Waals surface area contributed by atoms with Crippen molar-refractivity contribution in [2.75, 3.05) is 19.8 Å². The van der Waals surface area contributed by atoms with Gasteiger partial charge in [0.2, 0.25) is 0 Å². The van der Waals surface area contributed by atoms with Crippen LogP contribution in [0.1, 0.15) is 30.0 Å². The Kier molecular flexibility index (Phi) is 5.36. The lowest BCUT2D eigenvalue weighted by molar-refractivity contribution is 0.0696. The van der Waals surface area contributed by atoms with Crippen molar-refractivity contribution in [2.45, 2.75) is 20.4 Å². The molecule has 0 saturated heterocycles. The molecule has 0 aliphatic heterocycles. The molecule has 0 amide bonds. The van der Waals surface area contributed by atoms with Gasteiger partial charge in [-0.05, 0) is 12.0 Å². The number of rotatable bonds is 8. The normalized spacial score (nSPS) is 11.4. The predicted octanol–water partition coefficient (Wildman–Crippen LogP) is 2.89. The summed E-state index contributed by atoms with van der Waals surface area (Å²) in [5.74, 6) is -0.000599. The van der Waals surface area contributed by atoms with Crippen molar-refractivity contribution in [1.82, 2.24) is 5.32 Å². The number of furan rings is 1. The average Bonchev–Trinajstić information content (AvgIpc) is 2.80. The van der Waals surface area contributed by atoms with E-state index in [9.17, 15) is 9.90 Å². The van der Waals surface area contributed by atoms with E-state index < -0.39 is 5.97 Å². The molecule has 0 spiro atoms. The van der Waals surface area contributed by atoms with Crippen LogP contribution in [-0.4, -0.2) is 30.8 Å². The van der Waals surface area contributed by atoms with Gasteiger partial charge in [-0.3, -0.25) is 0 Å². The van der Waals surface area contributed by atoms with E-state index in [0.717, 1.165) is 6.61 Å². The first-order valence-corrected chi connectivity index (χ1v) is 7.11. The number of para-hydroxylation sites is 1. The first-order valence-electron chi connectivity index (χ1n) is 7.11. The van der Waals surface area contributed by atoms with Gasteiger partial charge < -0.3 is 19.6 Å². The molecule has 0 atom stereocenters. The number of carboxylic acid groups (broad SMARTS) is 1. The monoisotopic (exact) mass is 291 g/mol. The van der Waals surface area contributed by atoms with Crippen LogP contribution in [0.2, 0.25) is 0 Å². The largest absolute Gasteiger partial charge is 0.478 e. The van der Waals surface area contributed by atoms with Gasteiger partial charge in [0, 0.05) is 18.5 Å². The molecule has 0 saturated carbocycles. The quantitative estimate of drug-likeness (QED) is 0.732. The lowest BCUT2D eigenvalue weighted by Gasteiger charge is -2.07. The Morgan fingerprint density at radius 2 is 2.14 bits per heavy atom. The molecule has 2 aromatic rings. The number of ether oxygens (including phenoxy) is 1. The van der Waals surface area contributed by atoms with Crippen LogP contribution >= 0.6 is 0 Å². The van der Waals surface area contributed by atoms with E-state index in [1.54, 1.807) is 18.2 Å². The number of hydrogen-bond donors (Lipinski definition) is 2. The molecule has 114 valence electrons. The average molecular weight is 291 g/mol. The molecule has 0 fully saturated rings. The van der Waals surface area contributed by atoms with Gasteiger partial charge in [0.25, 0.3) is 0 Å². The Morgan fingerprint density at radius 1 is 1.38 bits per heavy atom. The third-order valence-electron chi connectivity index (χ3n) is 3.04. The summed E-state index contributed by atoms with van der Waals surface area (Å²) in [6, 6.07) is 7.17. The van der Waals surface area contributed by atoms with Gasteiger partial charge in [-0.1, -0.05) is 32.0 Å². The Hall–Kier alpha value is -1.85. The van der Waals surface area contributed by atoms with E-state index in [4.69, 9.17) is 9.15 Å². The van der Waals surface area contributed by atoms with E-state index in [2.05, 4.69) is 19.2 Å². The van der Waals surface area contributed by atoms with E-state index >= 15 is 0 Å². The maximum Gasteiger partial charge on any atom is 0.339 e. The van der Waals surface area contributed by atoms with Crippen LogP contribution in [0.15, 0.2) is 28.7 Å². The van der Waals surface area contributed by atoms with Gasteiger partial charge in [-0.15, -0.1) is 0 Å². The fourth-order valence-electron chi connectivity index (χ4n) is 2.12. The number of nitrogens with one attached hydrogen (secondary N) is 1. The highest BCUT2D eigenvalue weighted by molar-refractivity contribution is 6.03. The van der Waals surface area contributed by atoms with Crippen LogP contribution in [-0.2, 0) is 11.3 Å². The van der Waals surface area contributed by atoms with Crippen LogP contribution < -0.4 is 5.32 Å². The Morgan fingerprint density at radius 3 is 2.86 bits per heavy atom. The van der Waals surface area contributed by atoms with Gasteiger partial charge in [0.15, 0.2) is 0 Å². The number of fused-ring (bicyclic) bond motifs is 1. The van der Waals surface area contributed by atoms with Crippen molar-refractivity contribution < 1.29 is 19.1 Å². The third kappa shape index (κ3) is 4.06. The maximum absolute atomic E-state index is 11.4. The Bertz CT molecular complexity index is 603. The summed E-state index contributed by atoms with van der Waals surface area (Å²) < 4.78 is 11.1. The molecular weight excluding hydrogens is 270 g/mol. The highest BCUT2D eigenvalue weighted by Gasteiger charge is 2.19. The van der Waals surface area contributed by atoms with E-state index in [0.29, 0.717) is 42.3 Å². The van der Waals surface area contributed by atoms with Crippen molar-refractivity contribution in [3.8, 4) is 0 Å². The lowest BCUT2D eigenvalue weighted by atomic mass is 10.1. The first-order chi connectivity index (χ1) is 10.1. The highest BCUT2D eigenvalue weighted by Crippen LogP contribution is 2.25. The fourth-order valence-corrected chi connectivity index (χ4v) is 2.12. The zero-order valence-corrected chi connectivity index (χ0v) is 12.4. The van der Waals surface area contributed by atoms with Crippen molar-refractivity contribution in [2.24, 2.45) is 5.92 Å². The Balaban J connectivity index is 1.95. The van der Waals surface area contributed by atoms with Gasteiger partial charge in [-0.2, -0.15) is 0 Å². The number of carbonyl (C=O) groups is 1. The zero-order chi connectivity index (χ0) is 15.2. The summed E-state index contributed by atoms with van der Waals surface area (Å²) in [6.45, 7) is 6.56. The fraction of sp³-hybridized carbons (Fsp3) is 0.438. The molecule has 2 N–H and O–H groups in total. The summed E-state index contributed by atoms with van der Waals surface area (Å²) in [5.41, 5.74) is 0.837. The van der Waals surface area contributed by atoms with Gasteiger partial charge in [0.1, 0.15) is 16.9 Å². The summed E-state index contributed by atoms with van der Waals surface area (Å²) in [4.78, 5) is 11.4. The number of carboxylic acids is 1. The van der Waals surface area contributed by atoms with Gasteiger partial charge >= 0.3 is 5.97 Å². The lowest BCUT2D eigenvalue weighted by Crippen LogP contribution is -2.21. The minimum atomic E-state index is -0.965. The van der Waals surface area contributed by atoms with Crippen LogP contribution in [0.4, 0.5) is 0 Å². The molecular formula is C16H21NO4. The molecule has 2 rings (SSSR count). The van der Waals surface area contributed by atoms with E-state index in [-0.39, 0.29) is 5.56 Å². The molecule has 1 aromatic heterocycles. The topological polar surface area (TPSA) is 71.7 Å². The molecule has 1 heterocycles.